The van der Waals surface area contributed by atoms with Crippen molar-refractivity contribution < 1.29 is 0 Å². The van der Waals surface area contributed by atoms with Gasteiger partial charge in [-0.15, -0.1) is 0 Å². The first-order valence-electron chi connectivity index (χ1n) is 6.20. The molecule has 0 aliphatic heterocycles. The van der Waals surface area contributed by atoms with Gasteiger partial charge in [0.15, 0.2) is 0 Å². The SMILES string of the molecule is CCCCN(C)Cn1[nH]c(C(C)(C)C)nc1=S. The van der Waals surface area contributed by atoms with Crippen LogP contribution < -0.4 is 0 Å². The Kier molecular flexibility index (Phi) is 4.89. The average Bonchev–Trinajstić information content (AvgIpc) is 2.57. The van der Waals surface area contributed by atoms with Gasteiger partial charge in [-0.25, -0.2) is 9.67 Å². The van der Waals surface area contributed by atoms with E-state index in [1.807, 2.05) is 4.68 Å². The summed E-state index contributed by atoms with van der Waals surface area (Å²) in [6.45, 7) is 10.5. The highest BCUT2D eigenvalue weighted by Crippen LogP contribution is 2.17. The maximum atomic E-state index is 5.27. The Balaban J connectivity index is 2.72. The van der Waals surface area contributed by atoms with Gasteiger partial charge in [-0.05, 0) is 32.2 Å². The summed E-state index contributed by atoms with van der Waals surface area (Å²) < 4.78 is 2.57. The zero-order valence-electron chi connectivity index (χ0n) is 11.6. The summed E-state index contributed by atoms with van der Waals surface area (Å²) in [4.78, 5) is 6.66. The first-order chi connectivity index (χ1) is 7.84. The number of hydrogen-bond acceptors (Lipinski definition) is 3. The second-order valence-electron chi connectivity index (χ2n) is 5.61. The molecule has 5 heteroatoms. The Morgan fingerprint density at radius 3 is 2.53 bits per heavy atom. The summed E-state index contributed by atoms with van der Waals surface area (Å²) in [6, 6.07) is 0. The van der Waals surface area contributed by atoms with Gasteiger partial charge >= 0.3 is 0 Å². The highest BCUT2D eigenvalue weighted by molar-refractivity contribution is 7.71. The molecular formula is C12H24N4S. The van der Waals surface area contributed by atoms with Gasteiger partial charge in [-0.2, -0.15) is 0 Å². The maximum absolute atomic E-state index is 5.27. The lowest BCUT2D eigenvalue weighted by atomic mass is 9.96. The van der Waals surface area contributed by atoms with Crippen molar-refractivity contribution in [2.75, 3.05) is 13.6 Å². The summed E-state index contributed by atoms with van der Waals surface area (Å²) in [7, 11) is 2.11. The maximum Gasteiger partial charge on any atom is 0.217 e. The van der Waals surface area contributed by atoms with Crippen LogP contribution in [0, 0.1) is 4.77 Å². The van der Waals surface area contributed by atoms with Crippen molar-refractivity contribution in [2.45, 2.75) is 52.6 Å². The van der Waals surface area contributed by atoms with E-state index in [4.69, 9.17) is 12.2 Å². The van der Waals surface area contributed by atoms with Crippen LogP contribution in [-0.2, 0) is 12.1 Å². The van der Waals surface area contributed by atoms with E-state index >= 15 is 0 Å². The Labute approximate surface area is 109 Å². The third-order valence-corrected chi connectivity index (χ3v) is 2.98. The number of aromatic amines is 1. The van der Waals surface area contributed by atoms with Crippen LogP contribution in [0.15, 0.2) is 0 Å². The van der Waals surface area contributed by atoms with E-state index in [9.17, 15) is 0 Å². The summed E-state index contributed by atoms with van der Waals surface area (Å²) >= 11 is 5.27. The Hall–Kier alpha value is -0.680. The van der Waals surface area contributed by atoms with E-state index in [2.05, 4.69) is 49.7 Å². The third-order valence-electron chi connectivity index (χ3n) is 2.67. The van der Waals surface area contributed by atoms with Crippen LogP contribution >= 0.6 is 12.2 Å². The van der Waals surface area contributed by atoms with Crippen molar-refractivity contribution in [3.8, 4) is 0 Å². The fraction of sp³-hybridized carbons (Fsp3) is 0.833. The minimum Gasteiger partial charge on any atom is -0.287 e. The quantitative estimate of drug-likeness (QED) is 0.823. The highest BCUT2D eigenvalue weighted by atomic mass is 32.1. The van der Waals surface area contributed by atoms with Crippen LogP contribution in [0.3, 0.4) is 0 Å². The van der Waals surface area contributed by atoms with Crippen molar-refractivity contribution >= 4 is 12.2 Å². The Morgan fingerprint density at radius 1 is 1.41 bits per heavy atom. The highest BCUT2D eigenvalue weighted by Gasteiger charge is 2.18. The van der Waals surface area contributed by atoms with Crippen molar-refractivity contribution in [3.05, 3.63) is 10.6 Å². The molecule has 1 aromatic heterocycles. The van der Waals surface area contributed by atoms with Crippen molar-refractivity contribution in [1.29, 1.82) is 0 Å². The van der Waals surface area contributed by atoms with E-state index in [0.717, 1.165) is 19.0 Å². The van der Waals surface area contributed by atoms with Crippen LogP contribution in [0.5, 0.6) is 0 Å². The number of H-pyrrole nitrogens is 1. The average molecular weight is 256 g/mol. The second kappa shape index (κ2) is 5.78. The topological polar surface area (TPSA) is 36.9 Å². The largest absolute Gasteiger partial charge is 0.287 e. The van der Waals surface area contributed by atoms with Crippen LogP contribution in [0.4, 0.5) is 0 Å². The molecule has 1 rings (SSSR count). The zero-order chi connectivity index (χ0) is 13.1. The monoisotopic (exact) mass is 256 g/mol. The lowest BCUT2D eigenvalue weighted by Gasteiger charge is -2.17. The lowest BCUT2D eigenvalue weighted by molar-refractivity contribution is 0.247. The van der Waals surface area contributed by atoms with Gasteiger partial charge in [0.2, 0.25) is 4.77 Å². The molecule has 0 saturated heterocycles. The Morgan fingerprint density at radius 2 is 2.06 bits per heavy atom. The van der Waals surface area contributed by atoms with Crippen molar-refractivity contribution in [1.82, 2.24) is 19.7 Å². The predicted molar refractivity (Wildman–Crippen MR) is 73.6 cm³/mol. The molecule has 1 heterocycles. The molecule has 0 bridgehead atoms. The molecule has 0 radical (unpaired) electrons. The third kappa shape index (κ3) is 4.24. The van der Waals surface area contributed by atoms with Crippen LogP contribution in [0.2, 0.25) is 0 Å². The van der Waals surface area contributed by atoms with Gasteiger partial charge in [0.25, 0.3) is 0 Å². The van der Waals surface area contributed by atoms with Gasteiger partial charge < -0.3 is 0 Å². The van der Waals surface area contributed by atoms with Gasteiger partial charge in [-0.3, -0.25) is 10.00 Å². The van der Waals surface area contributed by atoms with Gasteiger partial charge in [0.05, 0.1) is 6.67 Å². The number of nitrogens with zero attached hydrogens (tertiary/aromatic N) is 3. The van der Waals surface area contributed by atoms with E-state index in [1.165, 1.54) is 12.8 Å². The molecule has 0 unspecified atom stereocenters. The van der Waals surface area contributed by atoms with Crippen LogP contribution in [0.25, 0.3) is 0 Å². The normalized spacial score (nSPS) is 12.4. The molecule has 98 valence electrons. The summed E-state index contributed by atoms with van der Waals surface area (Å²) in [6.07, 6.45) is 2.43. The predicted octanol–water partition coefficient (Wildman–Crippen LogP) is 2.93. The molecule has 0 aliphatic carbocycles. The van der Waals surface area contributed by atoms with Gasteiger partial charge in [0.1, 0.15) is 5.82 Å². The van der Waals surface area contributed by atoms with E-state index in [1.54, 1.807) is 0 Å². The molecule has 1 N–H and O–H groups in total. The number of unbranched alkanes of at least 4 members (excludes halogenated alkanes) is 1. The standard InChI is InChI=1S/C12H24N4S/c1-6-7-8-15(5)9-16-11(17)13-10(14-16)12(2,3)4/h6-9H2,1-5H3,(H,13,14,17). The van der Waals surface area contributed by atoms with Gasteiger partial charge in [0, 0.05) is 5.41 Å². The summed E-state index contributed by atoms with van der Waals surface area (Å²) in [5, 5.41) is 3.29. The molecule has 0 aromatic carbocycles. The minimum absolute atomic E-state index is 0.0147. The molecule has 0 saturated carbocycles. The van der Waals surface area contributed by atoms with E-state index in [-0.39, 0.29) is 5.41 Å². The molecular weight excluding hydrogens is 232 g/mol. The van der Waals surface area contributed by atoms with Crippen LogP contribution in [0.1, 0.15) is 46.4 Å². The summed E-state index contributed by atoms with van der Waals surface area (Å²) in [5.74, 6) is 0.950. The smallest absolute Gasteiger partial charge is 0.217 e. The molecule has 17 heavy (non-hydrogen) atoms. The Bertz CT molecular complexity index is 399. The molecule has 0 fully saturated rings. The number of nitrogens with one attached hydrogen (secondary N) is 1. The van der Waals surface area contributed by atoms with Crippen molar-refractivity contribution in [3.63, 3.8) is 0 Å². The zero-order valence-corrected chi connectivity index (χ0v) is 12.4. The molecule has 4 nitrogen and oxygen atoms in total. The number of aromatic nitrogens is 3. The van der Waals surface area contributed by atoms with E-state index < -0.39 is 0 Å². The first kappa shape index (κ1) is 14.4. The fourth-order valence-electron chi connectivity index (χ4n) is 1.53. The van der Waals surface area contributed by atoms with E-state index in [0.29, 0.717) is 4.77 Å². The molecule has 1 aromatic rings. The van der Waals surface area contributed by atoms with Crippen LogP contribution in [-0.4, -0.2) is 33.3 Å². The minimum atomic E-state index is 0.0147. The summed E-state index contributed by atoms with van der Waals surface area (Å²) in [5.41, 5.74) is 0.0147. The second-order valence-corrected chi connectivity index (χ2v) is 5.97. The molecule has 0 spiro atoms. The van der Waals surface area contributed by atoms with Gasteiger partial charge in [-0.1, -0.05) is 34.1 Å². The lowest BCUT2D eigenvalue weighted by Crippen LogP contribution is -2.24. The fourth-order valence-corrected chi connectivity index (χ4v) is 1.72. The molecule has 0 amide bonds. The molecule has 0 aliphatic rings. The number of hydrogen-bond donors (Lipinski definition) is 1. The molecule has 0 atom stereocenters. The first-order valence-corrected chi connectivity index (χ1v) is 6.61. The number of rotatable bonds is 5. The van der Waals surface area contributed by atoms with Crippen molar-refractivity contribution in [2.24, 2.45) is 0 Å².